The Morgan fingerprint density at radius 3 is 2.50 bits per heavy atom. The number of nitrogens with zero attached hydrogens (tertiary/aromatic N) is 1. The summed E-state index contributed by atoms with van der Waals surface area (Å²) in [7, 11) is -4.16. The topological polar surface area (TPSA) is 63.4 Å². The molecule has 4 nitrogen and oxygen atoms in total. The Balaban J connectivity index is 0.00000242. The van der Waals surface area contributed by atoms with E-state index < -0.39 is 26.7 Å². The highest BCUT2D eigenvalue weighted by Crippen LogP contribution is 2.35. The molecule has 0 bridgehead atoms. The average molecular weight is 359 g/mol. The van der Waals surface area contributed by atoms with E-state index in [9.17, 15) is 21.6 Å². The van der Waals surface area contributed by atoms with Gasteiger partial charge in [0.25, 0.3) is 0 Å². The van der Waals surface area contributed by atoms with E-state index >= 15 is 0 Å². The van der Waals surface area contributed by atoms with Crippen molar-refractivity contribution in [2.45, 2.75) is 23.9 Å². The summed E-state index contributed by atoms with van der Waals surface area (Å²) in [6, 6.07) is 4.27. The molecule has 1 heterocycles. The lowest BCUT2D eigenvalue weighted by molar-refractivity contribution is -0.139. The maximum Gasteiger partial charge on any atom is 0.417 e. The van der Waals surface area contributed by atoms with E-state index in [0.717, 1.165) is 22.9 Å². The van der Waals surface area contributed by atoms with Crippen molar-refractivity contribution in [1.82, 2.24) is 4.31 Å². The first-order valence-corrected chi connectivity index (χ1v) is 8.07. The van der Waals surface area contributed by atoms with Gasteiger partial charge in [0.15, 0.2) is 0 Å². The summed E-state index contributed by atoms with van der Waals surface area (Å²) in [5.41, 5.74) is 4.42. The second-order valence-corrected chi connectivity index (χ2v) is 7.01. The first-order valence-electron chi connectivity index (χ1n) is 6.63. The van der Waals surface area contributed by atoms with E-state index in [2.05, 4.69) is 0 Å². The maximum atomic E-state index is 13.0. The fourth-order valence-corrected chi connectivity index (χ4v) is 4.27. The summed E-state index contributed by atoms with van der Waals surface area (Å²) in [5.74, 6) is -0.00780. The van der Waals surface area contributed by atoms with Gasteiger partial charge in [-0.3, -0.25) is 0 Å². The van der Waals surface area contributed by atoms with E-state index in [1.165, 1.54) is 12.1 Å². The summed E-state index contributed by atoms with van der Waals surface area (Å²) in [6.45, 7) is 0.725. The standard InChI is InChI=1S/C13H17F3N2O2S.ClH/c14-13(15,16)11-5-1-2-6-12(11)21(19,20)18-7-3-4-10(8-17)9-18;/h1-2,5-6,10H,3-4,7-9,17H2;1H. The van der Waals surface area contributed by atoms with Crippen molar-refractivity contribution in [3.63, 3.8) is 0 Å². The van der Waals surface area contributed by atoms with Crippen molar-refractivity contribution in [3.05, 3.63) is 29.8 Å². The van der Waals surface area contributed by atoms with Gasteiger partial charge in [-0.25, -0.2) is 8.42 Å². The van der Waals surface area contributed by atoms with Gasteiger partial charge in [0.05, 0.1) is 10.5 Å². The van der Waals surface area contributed by atoms with Crippen molar-refractivity contribution in [2.75, 3.05) is 19.6 Å². The lowest BCUT2D eigenvalue weighted by Crippen LogP contribution is -2.42. The molecule has 1 unspecified atom stereocenters. The first kappa shape index (κ1) is 19.2. The largest absolute Gasteiger partial charge is 0.417 e. The quantitative estimate of drug-likeness (QED) is 0.902. The molecule has 0 radical (unpaired) electrons. The van der Waals surface area contributed by atoms with Crippen LogP contribution in [0.1, 0.15) is 18.4 Å². The van der Waals surface area contributed by atoms with Crippen LogP contribution in [0.15, 0.2) is 29.2 Å². The van der Waals surface area contributed by atoms with Crippen LogP contribution in [0.5, 0.6) is 0 Å². The average Bonchev–Trinajstić information content (AvgIpc) is 2.46. The molecule has 1 aliphatic heterocycles. The maximum absolute atomic E-state index is 13.0. The number of nitrogens with two attached hydrogens (primary N) is 1. The van der Waals surface area contributed by atoms with E-state index in [1.54, 1.807) is 0 Å². The lowest BCUT2D eigenvalue weighted by Gasteiger charge is -2.31. The van der Waals surface area contributed by atoms with Gasteiger partial charge in [-0.05, 0) is 37.4 Å². The minimum atomic E-state index is -4.70. The second kappa shape index (κ2) is 7.16. The number of sulfonamides is 1. The van der Waals surface area contributed by atoms with E-state index in [0.29, 0.717) is 13.0 Å². The van der Waals surface area contributed by atoms with E-state index in [1.807, 2.05) is 0 Å². The summed E-state index contributed by atoms with van der Waals surface area (Å²) in [5, 5.41) is 0. The van der Waals surface area contributed by atoms with Crippen LogP contribution in [0.4, 0.5) is 13.2 Å². The van der Waals surface area contributed by atoms with Crippen LogP contribution in [-0.4, -0.2) is 32.4 Å². The van der Waals surface area contributed by atoms with Crippen molar-refractivity contribution < 1.29 is 21.6 Å². The molecule has 0 amide bonds. The molecule has 2 rings (SSSR count). The molecule has 126 valence electrons. The zero-order valence-corrected chi connectivity index (χ0v) is 13.3. The monoisotopic (exact) mass is 358 g/mol. The van der Waals surface area contributed by atoms with Crippen molar-refractivity contribution in [3.8, 4) is 0 Å². The third-order valence-electron chi connectivity index (χ3n) is 3.63. The fraction of sp³-hybridized carbons (Fsp3) is 0.538. The van der Waals surface area contributed by atoms with Gasteiger partial charge >= 0.3 is 6.18 Å². The van der Waals surface area contributed by atoms with Crippen LogP contribution < -0.4 is 5.73 Å². The van der Waals surface area contributed by atoms with Crippen LogP contribution in [-0.2, 0) is 16.2 Å². The minimum absolute atomic E-state index is 0. The number of hydrogen-bond donors (Lipinski definition) is 1. The highest BCUT2D eigenvalue weighted by Gasteiger charge is 2.39. The molecule has 0 saturated carbocycles. The predicted octanol–water partition coefficient (Wildman–Crippen LogP) is 2.49. The van der Waals surface area contributed by atoms with E-state index in [-0.39, 0.29) is 31.4 Å². The van der Waals surface area contributed by atoms with Gasteiger partial charge in [-0.2, -0.15) is 17.5 Å². The van der Waals surface area contributed by atoms with Crippen LogP contribution in [0.3, 0.4) is 0 Å². The zero-order chi connectivity index (χ0) is 15.7. The fourth-order valence-electron chi connectivity index (χ4n) is 2.50. The molecule has 1 saturated heterocycles. The van der Waals surface area contributed by atoms with Gasteiger partial charge in [-0.1, -0.05) is 12.1 Å². The smallest absolute Gasteiger partial charge is 0.330 e. The van der Waals surface area contributed by atoms with Crippen molar-refractivity contribution in [1.29, 1.82) is 0 Å². The molecule has 1 aromatic carbocycles. The Morgan fingerprint density at radius 2 is 1.91 bits per heavy atom. The Kier molecular flexibility index (Phi) is 6.26. The van der Waals surface area contributed by atoms with Crippen molar-refractivity contribution >= 4 is 22.4 Å². The van der Waals surface area contributed by atoms with Gasteiger partial charge < -0.3 is 5.73 Å². The number of piperidine rings is 1. The molecule has 0 spiro atoms. The molecule has 0 aromatic heterocycles. The Labute approximate surface area is 133 Å². The second-order valence-electron chi connectivity index (χ2n) is 5.10. The molecule has 1 aromatic rings. The molecular weight excluding hydrogens is 341 g/mol. The number of alkyl halides is 3. The third-order valence-corrected chi connectivity index (χ3v) is 5.55. The predicted molar refractivity (Wildman–Crippen MR) is 79.2 cm³/mol. The number of benzene rings is 1. The lowest BCUT2D eigenvalue weighted by atomic mass is 10.0. The third kappa shape index (κ3) is 3.92. The zero-order valence-electron chi connectivity index (χ0n) is 11.7. The van der Waals surface area contributed by atoms with E-state index in [4.69, 9.17) is 5.73 Å². The summed E-state index contributed by atoms with van der Waals surface area (Å²) in [4.78, 5) is -0.685. The van der Waals surface area contributed by atoms with Gasteiger partial charge in [0, 0.05) is 13.1 Å². The van der Waals surface area contributed by atoms with Crippen LogP contribution in [0.2, 0.25) is 0 Å². The Bertz CT molecular complexity index is 608. The highest BCUT2D eigenvalue weighted by atomic mass is 35.5. The first-order chi connectivity index (χ1) is 9.76. The number of hydrogen-bond acceptors (Lipinski definition) is 3. The van der Waals surface area contributed by atoms with Gasteiger partial charge in [0.1, 0.15) is 0 Å². The molecule has 9 heteroatoms. The summed E-state index contributed by atoms with van der Waals surface area (Å²) >= 11 is 0. The number of rotatable bonds is 3. The van der Waals surface area contributed by atoms with Crippen LogP contribution >= 0.6 is 12.4 Å². The summed E-state index contributed by atoms with van der Waals surface area (Å²) < 4.78 is 65.1. The molecule has 0 aliphatic carbocycles. The highest BCUT2D eigenvalue weighted by molar-refractivity contribution is 7.89. The van der Waals surface area contributed by atoms with Gasteiger partial charge in [-0.15, -0.1) is 12.4 Å². The van der Waals surface area contributed by atoms with Gasteiger partial charge in [0.2, 0.25) is 10.0 Å². The van der Waals surface area contributed by atoms with Crippen LogP contribution in [0, 0.1) is 5.92 Å². The number of halogens is 4. The molecule has 2 N–H and O–H groups in total. The molecule has 1 aliphatic rings. The molecular formula is C13H18ClF3N2O2S. The minimum Gasteiger partial charge on any atom is -0.330 e. The molecule has 22 heavy (non-hydrogen) atoms. The Morgan fingerprint density at radius 1 is 1.27 bits per heavy atom. The normalized spacial score (nSPS) is 20.5. The molecule has 1 atom stereocenters. The van der Waals surface area contributed by atoms with Crippen molar-refractivity contribution in [2.24, 2.45) is 11.7 Å². The SMILES string of the molecule is Cl.NCC1CCCN(S(=O)(=O)c2ccccc2C(F)(F)F)C1. The Hall–Kier alpha value is -0.830. The molecule has 1 fully saturated rings. The summed E-state index contributed by atoms with van der Waals surface area (Å²) in [6.07, 6.45) is -3.30. The van der Waals surface area contributed by atoms with Crippen LogP contribution in [0.25, 0.3) is 0 Å².